The fourth-order valence-corrected chi connectivity index (χ4v) is 1.92. The van der Waals surface area contributed by atoms with Crippen LogP contribution in [0, 0.1) is 0 Å². The predicted molar refractivity (Wildman–Crippen MR) is 73.2 cm³/mol. The highest BCUT2D eigenvalue weighted by molar-refractivity contribution is 6.31. The summed E-state index contributed by atoms with van der Waals surface area (Å²) in [5.41, 5.74) is 0.618. The molecule has 3 nitrogen and oxygen atoms in total. The van der Waals surface area contributed by atoms with Gasteiger partial charge in [0, 0.05) is 23.8 Å². The molecule has 0 aliphatic heterocycles. The summed E-state index contributed by atoms with van der Waals surface area (Å²) in [6, 6.07) is 4.54. The molecule has 0 aliphatic carbocycles. The van der Waals surface area contributed by atoms with Crippen LogP contribution in [0.4, 0.5) is 18.9 Å². The zero-order valence-electron chi connectivity index (χ0n) is 11.2. The van der Waals surface area contributed by atoms with Crippen LogP contribution in [0.1, 0.15) is 24.2 Å². The third-order valence-corrected chi connectivity index (χ3v) is 2.85. The topological polar surface area (TPSA) is 32.3 Å². The number of nitrogens with one attached hydrogen (secondary N) is 1. The molecule has 112 valence electrons. The molecule has 0 saturated heterocycles. The lowest BCUT2D eigenvalue weighted by Crippen LogP contribution is -2.39. The Hall–Kier alpha value is -1.43. The number of benzene rings is 1. The van der Waals surface area contributed by atoms with Crippen LogP contribution in [0.2, 0.25) is 5.02 Å². The third-order valence-electron chi connectivity index (χ3n) is 2.62. The van der Waals surface area contributed by atoms with Crippen LogP contribution in [-0.4, -0.2) is 36.6 Å². The molecule has 0 aromatic heterocycles. The van der Waals surface area contributed by atoms with E-state index in [1.165, 1.54) is 13.0 Å². The molecule has 0 spiro atoms. The molecule has 0 unspecified atom stereocenters. The number of halogens is 4. The first-order valence-corrected chi connectivity index (χ1v) is 6.55. The Kier molecular flexibility index (Phi) is 5.68. The Labute approximate surface area is 120 Å². The number of hydrogen-bond acceptors (Lipinski definition) is 2. The minimum Gasteiger partial charge on any atom is -0.385 e. The summed E-state index contributed by atoms with van der Waals surface area (Å²) in [4.78, 5) is 13.0. The molecule has 1 amide bonds. The average Bonchev–Trinajstić information content (AvgIpc) is 2.36. The summed E-state index contributed by atoms with van der Waals surface area (Å²) in [6.07, 6.45) is -4.43. The Balaban J connectivity index is 3.08. The Morgan fingerprint density at radius 2 is 2.00 bits per heavy atom. The zero-order chi connectivity index (χ0) is 15.3. The fraction of sp³-hybridized carbons (Fsp3) is 0.462. The lowest BCUT2D eigenvalue weighted by atomic mass is 10.1. The highest BCUT2D eigenvalue weighted by Crippen LogP contribution is 2.24. The summed E-state index contributed by atoms with van der Waals surface area (Å²) in [5.74, 6) is -0.691. The maximum Gasteiger partial charge on any atom is 0.406 e. The smallest absolute Gasteiger partial charge is 0.385 e. The molecule has 7 heteroatoms. The van der Waals surface area contributed by atoms with E-state index in [9.17, 15) is 18.0 Å². The minimum atomic E-state index is -4.43. The van der Waals surface area contributed by atoms with Gasteiger partial charge in [0.1, 0.15) is 6.54 Å². The lowest BCUT2D eigenvalue weighted by molar-refractivity contribution is -0.140. The van der Waals surface area contributed by atoms with Gasteiger partial charge in [0.2, 0.25) is 0 Å². The van der Waals surface area contributed by atoms with Gasteiger partial charge in [0.05, 0.1) is 5.56 Å². The highest BCUT2D eigenvalue weighted by atomic mass is 35.5. The Morgan fingerprint density at radius 3 is 2.50 bits per heavy atom. The predicted octanol–water partition coefficient (Wildman–Crippen LogP) is 3.80. The van der Waals surface area contributed by atoms with Crippen molar-refractivity contribution in [2.45, 2.75) is 20.0 Å². The van der Waals surface area contributed by atoms with Crippen LogP contribution in [-0.2, 0) is 0 Å². The molecule has 0 bridgehead atoms. The first-order valence-electron chi connectivity index (χ1n) is 6.18. The van der Waals surface area contributed by atoms with Crippen molar-refractivity contribution in [1.82, 2.24) is 4.90 Å². The van der Waals surface area contributed by atoms with E-state index in [2.05, 4.69) is 5.32 Å². The molecular weight excluding hydrogens is 293 g/mol. The monoisotopic (exact) mass is 308 g/mol. The van der Waals surface area contributed by atoms with Gasteiger partial charge in [-0.15, -0.1) is 0 Å². The van der Waals surface area contributed by atoms with E-state index < -0.39 is 18.6 Å². The van der Waals surface area contributed by atoms with Crippen molar-refractivity contribution in [2.75, 3.05) is 25.0 Å². The van der Waals surface area contributed by atoms with Gasteiger partial charge in [0.25, 0.3) is 5.91 Å². The lowest BCUT2D eigenvalue weighted by Gasteiger charge is -2.23. The molecular formula is C13H16ClF3N2O. The molecule has 0 aliphatic rings. The largest absolute Gasteiger partial charge is 0.406 e. The Morgan fingerprint density at radius 1 is 1.35 bits per heavy atom. The van der Waals surface area contributed by atoms with Gasteiger partial charge in [0.15, 0.2) is 0 Å². The molecule has 20 heavy (non-hydrogen) atoms. The van der Waals surface area contributed by atoms with E-state index in [1.807, 2.05) is 6.92 Å². The molecule has 0 saturated carbocycles. The number of amides is 1. The van der Waals surface area contributed by atoms with Crippen LogP contribution in [0.15, 0.2) is 18.2 Å². The second-order valence-corrected chi connectivity index (χ2v) is 4.59. The van der Waals surface area contributed by atoms with Gasteiger partial charge >= 0.3 is 6.18 Å². The minimum absolute atomic E-state index is 0.0313. The number of rotatable bonds is 5. The van der Waals surface area contributed by atoms with Gasteiger partial charge < -0.3 is 10.2 Å². The van der Waals surface area contributed by atoms with Gasteiger partial charge in [-0.3, -0.25) is 4.79 Å². The van der Waals surface area contributed by atoms with Crippen molar-refractivity contribution < 1.29 is 18.0 Å². The van der Waals surface area contributed by atoms with Gasteiger partial charge in [-0.2, -0.15) is 13.2 Å². The Bertz CT molecular complexity index is 477. The molecule has 0 heterocycles. The number of carbonyl (C=O) groups is 1. The van der Waals surface area contributed by atoms with Crippen molar-refractivity contribution in [3.63, 3.8) is 0 Å². The van der Waals surface area contributed by atoms with E-state index in [1.54, 1.807) is 12.1 Å². The zero-order valence-corrected chi connectivity index (χ0v) is 12.0. The first kappa shape index (κ1) is 16.6. The highest BCUT2D eigenvalue weighted by Gasteiger charge is 2.33. The second-order valence-electron chi connectivity index (χ2n) is 4.15. The number of hydrogen-bond donors (Lipinski definition) is 1. The maximum absolute atomic E-state index is 12.5. The van der Waals surface area contributed by atoms with E-state index in [-0.39, 0.29) is 12.1 Å². The second kappa shape index (κ2) is 6.83. The van der Waals surface area contributed by atoms with Crippen LogP contribution in [0.25, 0.3) is 0 Å². The van der Waals surface area contributed by atoms with Crippen LogP contribution in [0.5, 0.6) is 0 Å². The summed E-state index contributed by atoms with van der Waals surface area (Å²) in [5, 5.41) is 3.24. The van der Waals surface area contributed by atoms with E-state index >= 15 is 0 Å². The molecule has 0 radical (unpaired) electrons. The molecule has 1 rings (SSSR count). The van der Waals surface area contributed by atoms with Gasteiger partial charge in [-0.05, 0) is 32.0 Å². The van der Waals surface area contributed by atoms with Crippen molar-refractivity contribution in [2.24, 2.45) is 0 Å². The van der Waals surface area contributed by atoms with Crippen molar-refractivity contribution in [1.29, 1.82) is 0 Å². The van der Waals surface area contributed by atoms with Crippen molar-refractivity contribution in [3.05, 3.63) is 28.8 Å². The summed E-state index contributed by atoms with van der Waals surface area (Å²) < 4.78 is 37.4. The quantitative estimate of drug-likeness (QED) is 0.897. The van der Waals surface area contributed by atoms with Crippen molar-refractivity contribution >= 4 is 23.2 Å². The fourth-order valence-electron chi connectivity index (χ4n) is 1.75. The number of alkyl halides is 3. The molecule has 1 N–H and O–H groups in total. The molecule has 0 fully saturated rings. The van der Waals surface area contributed by atoms with Crippen LogP contribution in [0.3, 0.4) is 0 Å². The number of nitrogens with zero attached hydrogens (tertiary/aromatic N) is 1. The van der Waals surface area contributed by atoms with E-state index in [0.717, 1.165) is 4.90 Å². The SMILES string of the molecule is CCNc1ccc(Cl)cc1C(=O)N(CC)CC(F)(F)F. The molecule has 1 aromatic rings. The molecule has 0 atom stereocenters. The van der Waals surface area contributed by atoms with E-state index in [0.29, 0.717) is 17.3 Å². The summed E-state index contributed by atoms with van der Waals surface area (Å²) in [7, 11) is 0. The first-order chi connectivity index (χ1) is 9.28. The number of anilines is 1. The molecule has 1 aromatic carbocycles. The van der Waals surface area contributed by atoms with E-state index in [4.69, 9.17) is 11.6 Å². The number of carbonyl (C=O) groups excluding carboxylic acids is 1. The van der Waals surface area contributed by atoms with Crippen LogP contribution >= 0.6 is 11.6 Å². The van der Waals surface area contributed by atoms with Crippen LogP contribution < -0.4 is 5.32 Å². The van der Waals surface area contributed by atoms with Crippen molar-refractivity contribution in [3.8, 4) is 0 Å². The normalized spacial score (nSPS) is 11.3. The van der Waals surface area contributed by atoms with Gasteiger partial charge in [-0.1, -0.05) is 11.6 Å². The standard InChI is InChI=1S/C13H16ClF3N2O/c1-3-18-11-6-5-9(14)7-10(11)12(20)19(4-2)8-13(15,16)17/h5-7,18H,3-4,8H2,1-2H3. The average molecular weight is 309 g/mol. The third kappa shape index (κ3) is 4.59. The summed E-state index contributed by atoms with van der Waals surface area (Å²) >= 11 is 5.82. The van der Waals surface area contributed by atoms with Gasteiger partial charge in [-0.25, -0.2) is 0 Å². The maximum atomic E-state index is 12.5. The summed E-state index contributed by atoms with van der Waals surface area (Å²) in [6.45, 7) is 2.57.